The lowest BCUT2D eigenvalue weighted by molar-refractivity contribution is -0.116. The number of ether oxygens (including phenoxy) is 1. The molecular formula is C22H22N2O2. The Morgan fingerprint density at radius 1 is 0.962 bits per heavy atom. The van der Waals surface area contributed by atoms with Crippen LogP contribution in [0.3, 0.4) is 0 Å². The summed E-state index contributed by atoms with van der Waals surface area (Å²) in [5, 5.41) is 2.91. The number of rotatable bonds is 6. The van der Waals surface area contributed by atoms with Crippen molar-refractivity contribution in [3.05, 3.63) is 90.0 Å². The van der Waals surface area contributed by atoms with Crippen LogP contribution < -0.4 is 15.8 Å². The van der Waals surface area contributed by atoms with Crippen LogP contribution in [0.4, 0.5) is 11.4 Å². The molecule has 0 aliphatic rings. The van der Waals surface area contributed by atoms with E-state index in [4.69, 9.17) is 10.5 Å². The zero-order chi connectivity index (χ0) is 18.4. The summed E-state index contributed by atoms with van der Waals surface area (Å²) in [5.74, 6) is 0.559. The number of carbonyl (C=O) groups is 1. The van der Waals surface area contributed by atoms with Crippen LogP contribution in [-0.2, 0) is 4.79 Å². The van der Waals surface area contributed by atoms with Crippen molar-refractivity contribution in [3.63, 3.8) is 0 Å². The number of nitrogen functional groups attached to an aromatic ring is 1. The zero-order valence-electron chi connectivity index (χ0n) is 14.7. The van der Waals surface area contributed by atoms with Gasteiger partial charge in [-0.2, -0.15) is 0 Å². The number of anilines is 2. The standard InChI is InChI=1S/C22H22N2O2/c1-26-18-12-13-21(20(23)14-18)24-22(25)15-19(16-8-4-2-5-9-16)17-10-6-3-7-11-17/h2-14,19H,15,23H2,1H3,(H,24,25). The summed E-state index contributed by atoms with van der Waals surface area (Å²) in [7, 11) is 1.58. The van der Waals surface area contributed by atoms with E-state index in [2.05, 4.69) is 5.32 Å². The van der Waals surface area contributed by atoms with Crippen molar-refractivity contribution in [2.45, 2.75) is 12.3 Å². The molecule has 4 heteroatoms. The maximum Gasteiger partial charge on any atom is 0.225 e. The Balaban J connectivity index is 1.80. The minimum atomic E-state index is -0.0837. The lowest BCUT2D eigenvalue weighted by Crippen LogP contribution is -2.17. The minimum absolute atomic E-state index is 0.0168. The molecule has 1 amide bonds. The molecule has 3 aromatic carbocycles. The molecular weight excluding hydrogens is 324 g/mol. The van der Waals surface area contributed by atoms with Gasteiger partial charge in [-0.15, -0.1) is 0 Å². The zero-order valence-corrected chi connectivity index (χ0v) is 14.7. The van der Waals surface area contributed by atoms with Gasteiger partial charge in [-0.3, -0.25) is 4.79 Å². The third-order valence-corrected chi connectivity index (χ3v) is 4.33. The van der Waals surface area contributed by atoms with Crippen LogP contribution in [0, 0.1) is 0 Å². The van der Waals surface area contributed by atoms with Crippen LogP contribution in [0.15, 0.2) is 78.9 Å². The first-order chi connectivity index (χ1) is 12.7. The van der Waals surface area contributed by atoms with E-state index in [0.717, 1.165) is 11.1 Å². The molecule has 0 aliphatic heterocycles. The van der Waals surface area contributed by atoms with Gasteiger partial charge in [0.15, 0.2) is 0 Å². The third-order valence-electron chi connectivity index (χ3n) is 4.33. The smallest absolute Gasteiger partial charge is 0.225 e. The van der Waals surface area contributed by atoms with E-state index >= 15 is 0 Å². The minimum Gasteiger partial charge on any atom is -0.497 e. The van der Waals surface area contributed by atoms with E-state index in [-0.39, 0.29) is 11.8 Å². The van der Waals surface area contributed by atoms with Crippen LogP contribution in [-0.4, -0.2) is 13.0 Å². The largest absolute Gasteiger partial charge is 0.497 e. The van der Waals surface area contributed by atoms with E-state index < -0.39 is 0 Å². The number of methoxy groups -OCH3 is 1. The van der Waals surface area contributed by atoms with Crippen LogP contribution in [0.25, 0.3) is 0 Å². The average Bonchev–Trinajstić information content (AvgIpc) is 2.69. The second-order valence-corrected chi connectivity index (χ2v) is 6.08. The predicted molar refractivity (Wildman–Crippen MR) is 105 cm³/mol. The molecule has 0 unspecified atom stereocenters. The summed E-state index contributed by atoms with van der Waals surface area (Å²) in [6, 6.07) is 25.3. The van der Waals surface area contributed by atoms with Crippen molar-refractivity contribution < 1.29 is 9.53 Å². The Kier molecular flexibility index (Phi) is 5.54. The fourth-order valence-corrected chi connectivity index (χ4v) is 2.97. The Labute approximate surface area is 153 Å². The lowest BCUT2D eigenvalue weighted by atomic mass is 9.88. The van der Waals surface area contributed by atoms with Crippen molar-refractivity contribution >= 4 is 17.3 Å². The SMILES string of the molecule is COc1ccc(NC(=O)CC(c2ccccc2)c2ccccc2)c(N)c1. The van der Waals surface area contributed by atoms with Crippen LogP contribution in [0.5, 0.6) is 5.75 Å². The highest BCUT2D eigenvalue weighted by atomic mass is 16.5. The predicted octanol–water partition coefficient (Wildman–Crippen LogP) is 4.44. The molecule has 26 heavy (non-hydrogen) atoms. The lowest BCUT2D eigenvalue weighted by Gasteiger charge is -2.18. The Bertz CT molecular complexity index is 824. The van der Waals surface area contributed by atoms with Crippen LogP contribution in [0.2, 0.25) is 0 Å². The molecule has 0 radical (unpaired) electrons. The first-order valence-corrected chi connectivity index (χ1v) is 8.50. The molecule has 0 aromatic heterocycles. The van der Waals surface area contributed by atoms with Gasteiger partial charge in [0.05, 0.1) is 18.5 Å². The molecule has 0 bridgehead atoms. The van der Waals surface area contributed by atoms with Gasteiger partial charge in [0.2, 0.25) is 5.91 Å². The Morgan fingerprint density at radius 3 is 2.04 bits per heavy atom. The molecule has 0 saturated heterocycles. The molecule has 0 saturated carbocycles. The maximum absolute atomic E-state index is 12.7. The number of amides is 1. The second kappa shape index (κ2) is 8.21. The second-order valence-electron chi connectivity index (χ2n) is 6.08. The normalized spacial score (nSPS) is 10.5. The summed E-state index contributed by atoms with van der Waals surface area (Å²) in [6.45, 7) is 0. The monoisotopic (exact) mass is 346 g/mol. The van der Waals surface area contributed by atoms with E-state index in [0.29, 0.717) is 23.5 Å². The molecule has 3 rings (SSSR count). The third kappa shape index (κ3) is 4.22. The fourth-order valence-electron chi connectivity index (χ4n) is 2.97. The van der Waals surface area contributed by atoms with Crippen molar-refractivity contribution in [2.75, 3.05) is 18.2 Å². The van der Waals surface area contributed by atoms with E-state index in [1.807, 2.05) is 60.7 Å². The highest BCUT2D eigenvalue weighted by Crippen LogP contribution is 2.29. The van der Waals surface area contributed by atoms with Crippen molar-refractivity contribution in [1.29, 1.82) is 0 Å². The highest BCUT2D eigenvalue weighted by Gasteiger charge is 2.18. The van der Waals surface area contributed by atoms with Gasteiger partial charge in [0, 0.05) is 18.4 Å². The van der Waals surface area contributed by atoms with E-state index in [9.17, 15) is 4.79 Å². The number of hydrogen-bond acceptors (Lipinski definition) is 3. The van der Waals surface area contributed by atoms with Crippen molar-refractivity contribution in [1.82, 2.24) is 0 Å². The van der Waals surface area contributed by atoms with Gasteiger partial charge in [-0.1, -0.05) is 60.7 Å². The van der Waals surface area contributed by atoms with Gasteiger partial charge < -0.3 is 15.8 Å². The van der Waals surface area contributed by atoms with Gasteiger partial charge in [0.1, 0.15) is 5.75 Å². The summed E-state index contributed by atoms with van der Waals surface area (Å²) in [6.07, 6.45) is 0.333. The summed E-state index contributed by atoms with van der Waals surface area (Å²) >= 11 is 0. The molecule has 4 nitrogen and oxygen atoms in total. The Hall–Kier alpha value is -3.27. The van der Waals surface area contributed by atoms with Crippen LogP contribution >= 0.6 is 0 Å². The quantitative estimate of drug-likeness (QED) is 0.649. The van der Waals surface area contributed by atoms with Crippen molar-refractivity contribution in [2.24, 2.45) is 0 Å². The molecule has 132 valence electrons. The average molecular weight is 346 g/mol. The molecule has 3 aromatic rings. The Morgan fingerprint density at radius 2 is 1.54 bits per heavy atom. The first kappa shape index (κ1) is 17.5. The van der Waals surface area contributed by atoms with Crippen molar-refractivity contribution in [3.8, 4) is 5.75 Å². The topological polar surface area (TPSA) is 64.3 Å². The fraction of sp³-hybridized carbons (Fsp3) is 0.136. The number of carbonyl (C=O) groups excluding carboxylic acids is 1. The molecule has 0 spiro atoms. The van der Waals surface area contributed by atoms with Gasteiger partial charge in [0.25, 0.3) is 0 Å². The number of nitrogens with two attached hydrogens (primary N) is 1. The van der Waals surface area contributed by atoms with Crippen LogP contribution in [0.1, 0.15) is 23.5 Å². The molecule has 0 fully saturated rings. The summed E-state index contributed by atoms with van der Waals surface area (Å²) < 4.78 is 5.14. The maximum atomic E-state index is 12.7. The molecule has 0 atom stereocenters. The summed E-state index contributed by atoms with van der Waals surface area (Å²) in [4.78, 5) is 12.7. The molecule has 3 N–H and O–H groups in total. The number of hydrogen-bond donors (Lipinski definition) is 2. The van der Waals surface area contributed by atoms with E-state index in [1.54, 1.807) is 25.3 Å². The highest BCUT2D eigenvalue weighted by molar-refractivity contribution is 5.94. The summed E-state index contributed by atoms with van der Waals surface area (Å²) in [5.41, 5.74) is 9.29. The first-order valence-electron chi connectivity index (χ1n) is 8.50. The number of nitrogens with one attached hydrogen (secondary N) is 1. The molecule has 0 aliphatic carbocycles. The van der Waals surface area contributed by atoms with E-state index in [1.165, 1.54) is 0 Å². The van der Waals surface area contributed by atoms with Gasteiger partial charge in [-0.05, 0) is 23.3 Å². The molecule has 0 heterocycles. The van der Waals surface area contributed by atoms with Gasteiger partial charge >= 0.3 is 0 Å². The number of benzene rings is 3. The van der Waals surface area contributed by atoms with Gasteiger partial charge in [-0.25, -0.2) is 0 Å².